The summed E-state index contributed by atoms with van der Waals surface area (Å²) in [5.41, 5.74) is 0. The lowest BCUT2D eigenvalue weighted by Gasteiger charge is -2.37. The quantitative estimate of drug-likeness (QED) is 0.714. The molecule has 4 heteroatoms. The first kappa shape index (κ1) is 12.2. The van der Waals surface area contributed by atoms with Crippen LogP contribution in [0.1, 0.15) is 39.5 Å². The predicted molar refractivity (Wildman–Crippen MR) is 63.6 cm³/mol. The Kier molecular flexibility index (Phi) is 3.75. The molecular formula is C12H20ClNO2. The number of rotatable bonds is 3. The zero-order valence-electron chi connectivity index (χ0n) is 9.99. The van der Waals surface area contributed by atoms with E-state index >= 15 is 0 Å². The molecule has 2 saturated heterocycles. The molecule has 0 N–H and O–H groups in total. The number of carbonyl (C=O) groups excluding carboxylic acids is 1. The minimum atomic E-state index is 0.118. The number of hydrogen-bond donors (Lipinski definition) is 0. The second-order valence-corrected chi connectivity index (χ2v) is 5.73. The molecule has 2 bridgehead atoms. The highest BCUT2D eigenvalue weighted by molar-refractivity contribution is 6.20. The van der Waals surface area contributed by atoms with Gasteiger partial charge in [-0.1, -0.05) is 0 Å². The summed E-state index contributed by atoms with van der Waals surface area (Å²) < 4.78 is 5.38. The summed E-state index contributed by atoms with van der Waals surface area (Å²) >= 11 is 6.17. The molecule has 2 aliphatic rings. The van der Waals surface area contributed by atoms with Gasteiger partial charge >= 0.3 is 0 Å². The molecule has 2 atom stereocenters. The molecule has 2 fully saturated rings. The van der Waals surface area contributed by atoms with Gasteiger partial charge in [-0.15, -0.1) is 11.6 Å². The Bertz CT molecular complexity index is 256. The largest absolute Gasteiger partial charge is 0.369 e. The summed E-state index contributed by atoms with van der Waals surface area (Å²) in [5.74, 6) is 0.143. The van der Waals surface area contributed by atoms with E-state index < -0.39 is 0 Å². The summed E-state index contributed by atoms with van der Waals surface area (Å²) in [6.07, 6.45) is 4.24. The Morgan fingerprint density at radius 2 is 1.94 bits per heavy atom. The highest BCUT2D eigenvalue weighted by Gasteiger charge is 2.42. The van der Waals surface area contributed by atoms with E-state index in [0.29, 0.717) is 12.1 Å². The third-order valence-electron chi connectivity index (χ3n) is 3.50. The molecule has 92 valence electrons. The predicted octanol–water partition coefficient (Wildman–Crippen LogP) is 2.17. The topological polar surface area (TPSA) is 29.5 Å². The fourth-order valence-corrected chi connectivity index (χ4v) is 3.24. The molecule has 16 heavy (non-hydrogen) atoms. The van der Waals surface area contributed by atoms with Gasteiger partial charge in [0, 0.05) is 17.5 Å². The summed E-state index contributed by atoms with van der Waals surface area (Å²) in [6.45, 7) is 4.12. The minimum Gasteiger partial charge on any atom is -0.369 e. The summed E-state index contributed by atoms with van der Waals surface area (Å²) in [7, 11) is 0. The van der Waals surface area contributed by atoms with Gasteiger partial charge in [-0.25, -0.2) is 0 Å². The number of piperidine rings is 1. The highest BCUT2D eigenvalue weighted by atomic mass is 35.5. The third-order valence-corrected chi connectivity index (χ3v) is 3.86. The lowest BCUT2D eigenvalue weighted by molar-refractivity contribution is -0.141. The van der Waals surface area contributed by atoms with Crippen LogP contribution in [0.5, 0.6) is 0 Å². The van der Waals surface area contributed by atoms with Crippen molar-refractivity contribution in [3.8, 4) is 0 Å². The van der Waals surface area contributed by atoms with Crippen molar-refractivity contribution >= 4 is 17.5 Å². The van der Waals surface area contributed by atoms with E-state index in [2.05, 4.69) is 0 Å². The highest BCUT2D eigenvalue weighted by Crippen LogP contribution is 2.37. The number of ether oxygens (including phenoxy) is 1. The normalized spacial score (nSPS) is 33.5. The van der Waals surface area contributed by atoms with Gasteiger partial charge in [0.2, 0.25) is 5.91 Å². The lowest BCUT2D eigenvalue weighted by atomic mass is 10.0. The van der Waals surface area contributed by atoms with E-state index in [-0.39, 0.29) is 24.0 Å². The Morgan fingerprint density at radius 3 is 2.44 bits per heavy atom. The smallest absolute Gasteiger partial charge is 0.249 e. The van der Waals surface area contributed by atoms with Crippen LogP contribution in [0.4, 0.5) is 0 Å². The van der Waals surface area contributed by atoms with Crippen LogP contribution in [-0.2, 0) is 9.53 Å². The first-order valence-electron chi connectivity index (χ1n) is 6.14. The molecular weight excluding hydrogens is 226 g/mol. The molecule has 2 aliphatic heterocycles. The second kappa shape index (κ2) is 4.92. The van der Waals surface area contributed by atoms with Crippen LogP contribution in [0.3, 0.4) is 0 Å². The Morgan fingerprint density at radius 1 is 1.38 bits per heavy atom. The van der Waals surface area contributed by atoms with Crippen molar-refractivity contribution in [2.24, 2.45) is 0 Å². The van der Waals surface area contributed by atoms with Crippen molar-refractivity contribution in [3.05, 3.63) is 0 Å². The summed E-state index contributed by atoms with van der Waals surface area (Å²) in [6, 6.07) is 0.731. The average molecular weight is 246 g/mol. The van der Waals surface area contributed by atoms with E-state index in [0.717, 1.165) is 25.7 Å². The second-order valence-electron chi connectivity index (χ2n) is 5.11. The maximum absolute atomic E-state index is 12.0. The first-order valence-corrected chi connectivity index (χ1v) is 6.58. The molecule has 2 unspecified atom stereocenters. The lowest BCUT2D eigenvalue weighted by Crippen LogP contribution is -2.48. The molecule has 0 saturated carbocycles. The van der Waals surface area contributed by atoms with Crippen LogP contribution in [0.25, 0.3) is 0 Å². The van der Waals surface area contributed by atoms with Gasteiger partial charge in [0.05, 0.1) is 6.10 Å². The minimum absolute atomic E-state index is 0.118. The van der Waals surface area contributed by atoms with Gasteiger partial charge in [0.25, 0.3) is 0 Å². The van der Waals surface area contributed by atoms with Gasteiger partial charge in [0.1, 0.15) is 6.61 Å². The first-order chi connectivity index (χ1) is 7.58. The molecule has 1 amide bonds. The van der Waals surface area contributed by atoms with Crippen LogP contribution in [0.2, 0.25) is 0 Å². The fraction of sp³-hybridized carbons (Fsp3) is 0.917. The van der Waals surface area contributed by atoms with Crippen molar-refractivity contribution < 1.29 is 9.53 Å². The molecule has 0 aliphatic carbocycles. The summed E-state index contributed by atoms with van der Waals surface area (Å²) in [5, 5.41) is 0.257. The van der Waals surface area contributed by atoms with Gasteiger partial charge in [-0.3, -0.25) is 4.79 Å². The average Bonchev–Trinajstić information content (AvgIpc) is 2.48. The molecule has 2 heterocycles. The molecule has 2 rings (SSSR count). The van der Waals surface area contributed by atoms with Crippen LogP contribution in [0, 0.1) is 0 Å². The molecule has 3 nitrogen and oxygen atoms in total. The number of carbonyl (C=O) groups is 1. The van der Waals surface area contributed by atoms with Crippen molar-refractivity contribution in [3.63, 3.8) is 0 Å². The Hall–Kier alpha value is -0.280. The monoisotopic (exact) mass is 245 g/mol. The van der Waals surface area contributed by atoms with E-state index in [1.807, 2.05) is 18.7 Å². The van der Waals surface area contributed by atoms with Crippen LogP contribution < -0.4 is 0 Å². The zero-order chi connectivity index (χ0) is 11.7. The van der Waals surface area contributed by atoms with Crippen LogP contribution in [0.15, 0.2) is 0 Å². The maximum atomic E-state index is 12.0. The molecule has 0 aromatic heterocycles. The molecule has 0 spiro atoms. The fourth-order valence-electron chi connectivity index (χ4n) is 2.83. The number of halogens is 1. The van der Waals surface area contributed by atoms with E-state index in [4.69, 9.17) is 16.3 Å². The van der Waals surface area contributed by atoms with Crippen molar-refractivity contribution in [2.75, 3.05) is 6.61 Å². The van der Waals surface area contributed by atoms with Gasteiger partial charge in [0.15, 0.2) is 0 Å². The SMILES string of the molecule is CC(C)OCC(=O)N1C2CCC1CC(Cl)C2. The third kappa shape index (κ3) is 2.51. The van der Waals surface area contributed by atoms with E-state index in [1.165, 1.54) is 0 Å². The number of fused-ring (bicyclic) bond motifs is 2. The summed E-state index contributed by atoms with van der Waals surface area (Å²) in [4.78, 5) is 14.1. The molecule has 0 aromatic carbocycles. The molecule has 0 aromatic rings. The maximum Gasteiger partial charge on any atom is 0.249 e. The van der Waals surface area contributed by atoms with Crippen molar-refractivity contribution in [2.45, 2.75) is 63.1 Å². The number of hydrogen-bond acceptors (Lipinski definition) is 2. The molecule has 0 radical (unpaired) electrons. The number of alkyl halides is 1. The van der Waals surface area contributed by atoms with Crippen LogP contribution in [-0.4, -0.2) is 41.0 Å². The van der Waals surface area contributed by atoms with Crippen molar-refractivity contribution in [1.82, 2.24) is 4.90 Å². The zero-order valence-corrected chi connectivity index (χ0v) is 10.7. The Balaban J connectivity index is 1.92. The number of amides is 1. The van der Waals surface area contributed by atoms with Crippen LogP contribution >= 0.6 is 11.6 Å². The number of nitrogens with zero attached hydrogens (tertiary/aromatic N) is 1. The van der Waals surface area contributed by atoms with Gasteiger partial charge < -0.3 is 9.64 Å². The van der Waals surface area contributed by atoms with E-state index in [1.54, 1.807) is 0 Å². The Labute approximate surface area is 102 Å². The van der Waals surface area contributed by atoms with Crippen molar-refractivity contribution in [1.29, 1.82) is 0 Å². The van der Waals surface area contributed by atoms with E-state index in [9.17, 15) is 4.79 Å². The van der Waals surface area contributed by atoms with Gasteiger partial charge in [-0.2, -0.15) is 0 Å². The van der Waals surface area contributed by atoms with Gasteiger partial charge in [-0.05, 0) is 39.5 Å². The standard InChI is InChI=1S/C12H20ClNO2/c1-8(2)16-7-12(15)14-10-3-4-11(14)6-9(13)5-10/h8-11H,3-7H2,1-2H3.